The lowest BCUT2D eigenvalue weighted by molar-refractivity contribution is -0.166. The molecule has 0 unspecified atom stereocenters. The first-order valence-corrected chi connectivity index (χ1v) is 6.64. The Hall–Kier alpha value is -1.07. The molecule has 1 heterocycles. The zero-order valence-electron chi connectivity index (χ0n) is 12.0. The van der Waals surface area contributed by atoms with Gasteiger partial charge in [-0.15, -0.1) is 0 Å². The summed E-state index contributed by atoms with van der Waals surface area (Å²) in [6.45, 7) is 6.37. The Balaban J connectivity index is 2.21. The number of methoxy groups -OCH3 is 1. The minimum Gasteiger partial charge on any atom is -0.379 e. The van der Waals surface area contributed by atoms with E-state index in [-0.39, 0.29) is 27.6 Å². The summed E-state index contributed by atoms with van der Waals surface area (Å²) in [7, 11) is 3.30. The molecule has 0 aliphatic heterocycles. The van der Waals surface area contributed by atoms with Crippen LogP contribution in [-0.4, -0.2) is 28.5 Å². The number of hydrogen-bond acceptors (Lipinski definition) is 4. The molecular weight excluding hydrogens is 266 g/mol. The Kier molecular flexibility index (Phi) is 3.39. The van der Waals surface area contributed by atoms with Gasteiger partial charge in [-0.05, 0) is 13.3 Å². The van der Waals surface area contributed by atoms with Crippen LogP contribution in [0.5, 0.6) is 0 Å². The molecule has 106 valence electrons. The third-order valence-electron chi connectivity index (χ3n) is 4.69. The Morgan fingerprint density at radius 2 is 2.16 bits per heavy atom. The van der Waals surface area contributed by atoms with E-state index in [1.807, 2.05) is 0 Å². The van der Waals surface area contributed by atoms with Gasteiger partial charge in [-0.25, -0.2) is 4.68 Å². The average molecular weight is 286 g/mol. The van der Waals surface area contributed by atoms with Crippen LogP contribution < -0.4 is 10.9 Å². The second-order valence-corrected chi connectivity index (χ2v) is 6.24. The van der Waals surface area contributed by atoms with Crippen molar-refractivity contribution in [2.24, 2.45) is 12.5 Å². The molecule has 1 N–H and O–H groups in total. The predicted octanol–water partition coefficient (Wildman–Crippen LogP) is 2.05. The summed E-state index contributed by atoms with van der Waals surface area (Å²) in [5.74, 6) is 0. The monoisotopic (exact) mass is 285 g/mol. The molecule has 2 rings (SSSR count). The van der Waals surface area contributed by atoms with Crippen LogP contribution in [0.15, 0.2) is 11.0 Å². The fraction of sp³-hybridized carbons (Fsp3) is 0.692. The van der Waals surface area contributed by atoms with Crippen molar-refractivity contribution < 1.29 is 4.74 Å². The molecule has 0 radical (unpaired) electrons. The van der Waals surface area contributed by atoms with Crippen LogP contribution >= 0.6 is 11.6 Å². The third kappa shape index (κ3) is 2.05. The van der Waals surface area contributed by atoms with Gasteiger partial charge in [0.05, 0.1) is 17.5 Å². The summed E-state index contributed by atoms with van der Waals surface area (Å²) < 4.78 is 6.80. The Labute approximate surface area is 117 Å². The second kappa shape index (κ2) is 4.49. The van der Waals surface area contributed by atoms with Crippen LogP contribution in [0.25, 0.3) is 0 Å². The van der Waals surface area contributed by atoms with Crippen LogP contribution in [0.2, 0.25) is 5.02 Å². The number of nitrogens with zero attached hydrogens (tertiary/aromatic N) is 2. The van der Waals surface area contributed by atoms with Crippen LogP contribution in [0.3, 0.4) is 0 Å². The highest BCUT2D eigenvalue weighted by atomic mass is 35.5. The molecule has 0 saturated heterocycles. The van der Waals surface area contributed by atoms with E-state index in [1.54, 1.807) is 20.4 Å². The molecule has 0 amide bonds. The van der Waals surface area contributed by atoms with Crippen molar-refractivity contribution in [3.8, 4) is 0 Å². The van der Waals surface area contributed by atoms with Crippen molar-refractivity contribution >= 4 is 17.3 Å². The molecule has 1 aliphatic carbocycles. The lowest BCUT2D eigenvalue weighted by Crippen LogP contribution is -2.65. The number of aromatic nitrogens is 2. The lowest BCUT2D eigenvalue weighted by atomic mass is 9.56. The van der Waals surface area contributed by atoms with E-state index in [4.69, 9.17) is 16.3 Å². The van der Waals surface area contributed by atoms with Gasteiger partial charge in [0.15, 0.2) is 0 Å². The summed E-state index contributed by atoms with van der Waals surface area (Å²) in [5.41, 5.74) is 0.0792. The molecule has 1 saturated carbocycles. The third-order valence-corrected chi connectivity index (χ3v) is 5.05. The van der Waals surface area contributed by atoms with Crippen molar-refractivity contribution in [3.05, 3.63) is 21.6 Å². The van der Waals surface area contributed by atoms with Gasteiger partial charge in [0.1, 0.15) is 5.02 Å². The molecule has 0 spiro atoms. The molecule has 1 fully saturated rings. The minimum absolute atomic E-state index is 0.0494. The molecule has 1 aromatic heterocycles. The number of rotatable bonds is 3. The zero-order valence-corrected chi connectivity index (χ0v) is 12.7. The second-order valence-electron chi connectivity index (χ2n) is 5.86. The highest BCUT2D eigenvalue weighted by Crippen LogP contribution is 2.52. The van der Waals surface area contributed by atoms with E-state index < -0.39 is 0 Å². The van der Waals surface area contributed by atoms with Gasteiger partial charge >= 0.3 is 0 Å². The van der Waals surface area contributed by atoms with Gasteiger partial charge in [-0.1, -0.05) is 25.4 Å². The highest BCUT2D eigenvalue weighted by Gasteiger charge is 2.57. The van der Waals surface area contributed by atoms with Gasteiger partial charge in [0, 0.05) is 25.6 Å². The first-order valence-electron chi connectivity index (χ1n) is 6.26. The number of ether oxygens (including phenoxy) is 1. The molecule has 0 bridgehead atoms. The van der Waals surface area contributed by atoms with Gasteiger partial charge in [-0.2, -0.15) is 5.10 Å². The molecular formula is C13H20ClN3O2. The van der Waals surface area contributed by atoms with Gasteiger partial charge in [0.25, 0.3) is 5.56 Å². The smallest absolute Gasteiger partial charge is 0.287 e. The average Bonchev–Trinajstić information content (AvgIpc) is 2.38. The Morgan fingerprint density at radius 1 is 1.53 bits per heavy atom. The minimum atomic E-state index is -0.293. The van der Waals surface area contributed by atoms with Crippen LogP contribution in [0.4, 0.5) is 5.69 Å². The summed E-state index contributed by atoms with van der Waals surface area (Å²) >= 11 is 6.05. The summed E-state index contributed by atoms with van der Waals surface area (Å²) in [4.78, 5) is 11.7. The maximum atomic E-state index is 11.7. The van der Waals surface area contributed by atoms with Crippen LogP contribution in [0.1, 0.15) is 27.2 Å². The fourth-order valence-corrected chi connectivity index (χ4v) is 2.75. The van der Waals surface area contributed by atoms with Crippen molar-refractivity contribution in [2.75, 3.05) is 12.4 Å². The van der Waals surface area contributed by atoms with Crippen molar-refractivity contribution in [1.82, 2.24) is 9.78 Å². The van der Waals surface area contributed by atoms with Gasteiger partial charge in [-0.3, -0.25) is 4.79 Å². The van der Waals surface area contributed by atoms with E-state index in [0.29, 0.717) is 5.69 Å². The number of hydrogen-bond donors (Lipinski definition) is 1. The highest BCUT2D eigenvalue weighted by molar-refractivity contribution is 6.32. The van der Waals surface area contributed by atoms with E-state index in [0.717, 1.165) is 6.42 Å². The van der Waals surface area contributed by atoms with Gasteiger partial charge < -0.3 is 10.1 Å². The normalized spacial score (nSPS) is 28.8. The molecule has 1 aromatic rings. The maximum Gasteiger partial charge on any atom is 0.287 e. The molecule has 19 heavy (non-hydrogen) atoms. The van der Waals surface area contributed by atoms with Crippen LogP contribution in [0, 0.1) is 5.41 Å². The largest absolute Gasteiger partial charge is 0.379 e. The van der Waals surface area contributed by atoms with E-state index in [2.05, 4.69) is 31.2 Å². The molecule has 2 atom stereocenters. The summed E-state index contributed by atoms with van der Waals surface area (Å²) in [6, 6.07) is 0.198. The Morgan fingerprint density at radius 3 is 2.68 bits per heavy atom. The number of anilines is 1. The molecule has 5 nitrogen and oxygen atoms in total. The quantitative estimate of drug-likeness (QED) is 0.923. The topological polar surface area (TPSA) is 56.1 Å². The number of aryl methyl sites for hydroxylation is 1. The molecule has 1 aliphatic rings. The number of halogens is 1. The van der Waals surface area contributed by atoms with E-state index in [1.165, 1.54) is 4.68 Å². The van der Waals surface area contributed by atoms with Crippen molar-refractivity contribution in [2.45, 2.75) is 38.8 Å². The Bertz CT molecular complexity index is 555. The van der Waals surface area contributed by atoms with Crippen molar-refractivity contribution in [1.29, 1.82) is 0 Å². The first kappa shape index (κ1) is 14.3. The summed E-state index contributed by atoms with van der Waals surface area (Å²) in [6.07, 6.45) is 2.45. The van der Waals surface area contributed by atoms with E-state index in [9.17, 15) is 4.79 Å². The maximum absolute atomic E-state index is 11.7. The zero-order chi connectivity index (χ0) is 14.4. The number of nitrogens with one attached hydrogen (secondary N) is 1. The van der Waals surface area contributed by atoms with Crippen molar-refractivity contribution in [3.63, 3.8) is 0 Å². The van der Waals surface area contributed by atoms with Gasteiger partial charge in [0.2, 0.25) is 0 Å². The lowest BCUT2D eigenvalue weighted by Gasteiger charge is -2.59. The SMILES string of the molecule is CO[C@@]1(C)C[C@H](Nc2cnn(C)c(=O)c2Cl)C1(C)C. The predicted molar refractivity (Wildman–Crippen MR) is 75.7 cm³/mol. The molecule has 6 heteroatoms. The molecule has 0 aromatic carbocycles. The van der Waals surface area contributed by atoms with E-state index >= 15 is 0 Å². The van der Waals surface area contributed by atoms with Crippen LogP contribution in [-0.2, 0) is 11.8 Å². The summed E-state index contributed by atoms with van der Waals surface area (Å²) in [5, 5.41) is 7.47. The first-order chi connectivity index (χ1) is 8.73. The fourth-order valence-electron chi connectivity index (χ4n) is 2.52. The standard InChI is InChI=1S/C13H20ClN3O2/c1-12(2)9(6-13(12,3)19-5)16-8-7-15-17(4)11(18)10(8)14/h7,9,16H,6H2,1-5H3/t9-,13-/m0/s1.